The van der Waals surface area contributed by atoms with Crippen molar-refractivity contribution >= 4 is 38.9 Å². The van der Waals surface area contributed by atoms with Gasteiger partial charge in [0.15, 0.2) is 9.84 Å². The molecular formula is C32H35Cl2N3O3S. The van der Waals surface area contributed by atoms with Gasteiger partial charge >= 0.3 is 0 Å². The van der Waals surface area contributed by atoms with E-state index in [9.17, 15) is 13.2 Å². The van der Waals surface area contributed by atoms with Crippen molar-refractivity contribution in [3.63, 3.8) is 0 Å². The SMILES string of the molecule is CCN1CCCC1CNC(=O)c1cccc(CS(=O)(=O)C=C2CN(C(c3ccc(Cl)cc3)c3ccc(Cl)cc3)C2)c1. The van der Waals surface area contributed by atoms with Gasteiger partial charge in [0.25, 0.3) is 5.91 Å². The minimum atomic E-state index is -3.52. The van der Waals surface area contributed by atoms with Crippen LogP contribution >= 0.6 is 23.2 Å². The van der Waals surface area contributed by atoms with Gasteiger partial charge in [-0.1, -0.05) is 66.5 Å². The minimum absolute atomic E-state index is 0.0479. The van der Waals surface area contributed by atoms with Crippen LogP contribution in [0.2, 0.25) is 10.0 Å². The van der Waals surface area contributed by atoms with Gasteiger partial charge in [0, 0.05) is 46.7 Å². The average molecular weight is 613 g/mol. The third-order valence-corrected chi connectivity index (χ3v) is 9.79. The van der Waals surface area contributed by atoms with E-state index in [1.54, 1.807) is 24.3 Å². The number of nitrogens with zero attached hydrogens (tertiary/aromatic N) is 2. The molecule has 3 aromatic rings. The maximum Gasteiger partial charge on any atom is 0.251 e. The lowest BCUT2D eigenvalue weighted by atomic mass is 9.93. The van der Waals surface area contributed by atoms with Crippen molar-refractivity contribution in [3.8, 4) is 0 Å². The monoisotopic (exact) mass is 611 g/mol. The van der Waals surface area contributed by atoms with Crippen LogP contribution in [-0.4, -0.2) is 62.9 Å². The Kier molecular flexibility index (Phi) is 9.52. The predicted molar refractivity (Wildman–Crippen MR) is 166 cm³/mol. The second-order valence-electron chi connectivity index (χ2n) is 10.8. The van der Waals surface area contributed by atoms with E-state index in [1.807, 2.05) is 48.5 Å². The van der Waals surface area contributed by atoms with Gasteiger partial charge in [-0.3, -0.25) is 14.6 Å². The zero-order valence-corrected chi connectivity index (χ0v) is 25.4. The molecule has 0 spiro atoms. The lowest BCUT2D eigenvalue weighted by molar-refractivity contribution is 0.0941. The first-order valence-corrected chi connectivity index (χ1v) is 16.5. The summed E-state index contributed by atoms with van der Waals surface area (Å²) in [4.78, 5) is 17.4. The molecule has 216 valence electrons. The number of rotatable bonds is 10. The third-order valence-electron chi connectivity index (χ3n) is 7.86. The van der Waals surface area contributed by atoms with Crippen LogP contribution < -0.4 is 5.32 Å². The standard InChI is InChI=1S/C32H35Cl2N3O3S/c1-2-36-16-4-7-30(36)18-35-32(38)27-6-3-5-23(17-27)21-41(39,40)22-24-19-37(20-24)31(25-8-12-28(33)13-9-25)26-10-14-29(34)15-11-26/h3,5-6,8-15,17,22,30-31H,2,4,7,16,18-21H2,1H3,(H,35,38). The molecule has 1 amide bonds. The number of carbonyl (C=O) groups excluding carboxylic acids is 1. The summed E-state index contributed by atoms with van der Waals surface area (Å²) in [5.41, 5.74) is 4.08. The number of nitrogens with one attached hydrogen (secondary N) is 1. The van der Waals surface area contributed by atoms with E-state index in [1.165, 1.54) is 5.41 Å². The Morgan fingerprint density at radius 2 is 1.63 bits per heavy atom. The molecule has 5 rings (SSSR count). The Morgan fingerprint density at radius 1 is 1.00 bits per heavy atom. The number of likely N-dealkylation sites (N-methyl/N-ethyl adjacent to an activating group) is 1. The van der Waals surface area contributed by atoms with Crippen molar-refractivity contribution in [1.82, 2.24) is 15.1 Å². The van der Waals surface area contributed by atoms with E-state index >= 15 is 0 Å². The molecule has 1 N–H and O–H groups in total. The zero-order valence-electron chi connectivity index (χ0n) is 23.1. The summed E-state index contributed by atoms with van der Waals surface area (Å²) in [6, 6.07) is 22.7. The van der Waals surface area contributed by atoms with Crippen LogP contribution in [-0.2, 0) is 15.6 Å². The fourth-order valence-corrected chi connectivity index (χ4v) is 7.46. The Morgan fingerprint density at radius 3 is 2.24 bits per heavy atom. The molecule has 2 saturated heterocycles. The molecule has 2 aliphatic heterocycles. The van der Waals surface area contributed by atoms with Gasteiger partial charge in [0.05, 0.1) is 11.8 Å². The molecule has 0 radical (unpaired) electrons. The van der Waals surface area contributed by atoms with Crippen molar-refractivity contribution < 1.29 is 13.2 Å². The van der Waals surface area contributed by atoms with Crippen molar-refractivity contribution in [2.24, 2.45) is 0 Å². The molecule has 6 nitrogen and oxygen atoms in total. The van der Waals surface area contributed by atoms with Crippen molar-refractivity contribution in [3.05, 3.63) is 116 Å². The Balaban J connectivity index is 1.23. The van der Waals surface area contributed by atoms with Crippen LogP contribution in [0.4, 0.5) is 0 Å². The van der Waals surface area contributed by atoms with E-state index in [-0.39, 0.29) is 17.7 Å². The van der Waals surface area contributed by atoms with E-state index < -0.39 is 9.84 Å². The number of hydrogen-bond acceptors (Lipinski definition) is 5. The van der Waals surface area contributed by atoms with E-state index in [2.05, 4.69) is 22.0 Å². The summed E-state index contributed by atoms with van der Waals surface area (Å²) in [5.74, 6) is -0.322. The number of amides is 1. The molecule has 0 aromatic heterocycles. The highest BCUT2D eigenvalue weighted by molar-refractivity contribution is 7.93. The van der Waals surface area contributed by atoms with E-state index in [0.717, 1.165) is 42.6 Å². The number of hydrogen-bond donors (Lipinski definition) is 1. The summed E-state index contributed by atoms with van der Waals surface area (Å²) < 4.78 is 26.2. The Labute approximate surface area is 252 Å². The lowest BCUT2D eigenvalue weighted by Crippen LogP contribution is -2.43. The lowest BCUT2D eigenvalue weighted by Gasteiger charge is -2.41. The molecule has 2 aliphatic rings. The van der Waals surface area contributed by atoms with Crippen molar-refractivity contribution in [1.29, 1.82) is 0 Å². The van der Waals surface area contributed by atoms with Gasteiger partial charge in [-0.2, -0.15) is 0 Å². The normalized spacial score (nSPS) is 18.0. The molecule has 0 aliphatic carbocycles. The van der Waals surface area contributed by atoms with Gasteiger partial charge in [0.1, 0.15) is 0 Å². The van der Waals surface area contributed by atoms with Gasteiger partial charge in [-0.15, -0.1) is 0 Å². The molecule has 41 heavy (non-hydrogen) atoms. The van der Waals surface area contributed by atoms with Gasteiger partial charge < -0.3 is 5.32 Å². The summed E-state index contributed by atoms with van der Waals surface area (Å²) in [5, 5.41) is 5.76. The maximum absolute atomic E-state index is 13.1. The first-order chi connectivity index (χ1) is 19.7. The fourth-order valence-electron chi connectivity index (χ4n) is 5.82. The second kappa shape index (κ2) is 13.1. The highest BCUT2D eigenvalue weighted by Crippen LogP contribution is 2.35. The van der Waals surface area contributed by atoms with Gasteiger partial charge in [-0.25, -0.2) is 8.42 Å². The summed E-state index contributed by atoms with van der Waals surface area (Å²) >= 11 is 12.2. The first-order valence-electron chi connectivity index (χ1n) is 14.0. The maximum atomic E-state index is 13.1. The zero-order chi connectivity index (χ0) is 29.0. The van der Waals surface area contributed by atoms with E-state index in [0.29, 0.717) is 46.8 Å². The number of sulfone groups is 1. The van der Waals surface area contributed by atoms with Crippen molar-refractivity contribution in [2.75, 3.05) is 32.7 Å². The summed E-state index contributed by atoms with van der Waals surface area (Å²) in [7, 11) is -3.52. The van der Waals surface area contributed by atoms with Crippen LogP contribution in [0.25, 0.3) is 0 Å². The van der Waals surface area contributed by atoms with Crippen LogP contribution in [0.5, 0.6) is 0 Å². The fraction of sp³-hybridized carbons (Fsp3) is 0.344. The number of likely N-dealkylation sites (tertiary alicyclic amines) is 2. The molecule has 1 unspecified atom stereocenters. The molecule has 2 fully saturated rings. The van der Waals surface area contributed by atoms with Crippen molar-refractivity contribution in [2.45, 2.75) is 37.6 Å². The molecule has 2 heterocycles. The average Bonchev–Trinajstić information content (AvgIpc) is 3.40. The second-order valence-corrected chi connectivity index (χ2v) is 13.6. The Hall–Kier alpha value is -2.68. The largest absolute Gasteiger partial charge is 0.350 e. The quantitative estimate of drug-likeness (QED) is 0.299. The molecule has 1 atom stereocenters. The predicted octanol–water partition coefficient (Wildman–Crippen LogP) is 6.11. The molecule has 3 aromatic carbocycles. The highest BCUT2D eigenvalue weighted by Gasteiger charge is 2.31. The van der Waals surface area contributed by atoms with Crippen LogP contribution in [0.1, 0.15) is 52.9 Å². The number of carbonyl (C=O) groups is 1. The molecule has 9 heteroatoms. The minimum Gasteiger partial charge on any atom is -0.350 e. The molecular weight excluding hydrogens is 577 g/mol. The van der Waals surface area contributed by atoms with Crippen LogP contribution in [0.3, 0.4) is 0 Å². The smallest absolute Gasteiger partial charge is 0.251 e. The van der Waals surface area contributed by atoms with Crippen LogP contribution in [0, 0.1) is 0 Å². The molecule has 0 bridgehead atoms. The van der Waals surface area contributed by atoms with Crippen LogP contribution in [0.15, 0.2) is 83.8 Å². The highest BCUT2D eigenvalue weighted by atomic mass is 35.5. The Bertz CT molecular complexity index is 1450. The topological polar surface area (TPSA) is 69.7 Å². The third kappa shape index (κ3) is 7.59. The number of halogens is 2. The van der Waals surface area contributed by atoms with Gasteiger partial charge in [0.2, 0.25) is 0 Å². The summed E-state index contributed by atoms with van der Waals surface area (Å²) in [6.07, 6.45) is 2.23. The summed E-state index contributed by atoms with van der Waals surface area (Å²) in [6.45, 7) is 5.86. The molecule has 0 saturated carbocycles. The number of benzene rings is 3. The first kappa shape index (κ1) is 29.8. The van der Waals surface area contributed by atoms with Gasteiger partial charge in [-0.05, 0) is 84.6 Å². The van der Waals surface area contributed by atoms with E-state index in [4.69, 9.17) is 23.2 Å².